The number of hydrogen-bond donors (Lipinski definition) is 1. The fourth-order valence-corrected chi connectivity index (χ4v) is 3.62. The molecule has 4 aromatic rings. The number of para-hydroxylation sites is 1. The summed E-state index contributed by atoms with van der Waals surface area (Å²) in [6.07, 6.45) is 1.47. The van der Waals surface area contributed by atoms with Crippen LogP contribution in [0.1, 0.15) is 22.5 Å². The van der Waals surface area contributed by atoms with Crippen LogP contribution in [-0.2, 0) is 6.42 Å². The molecule has 5 nitrogen and oxygen atoms in total. The Morgan fingerprint density at radius 2 is 1.97 bits per heavy atom. The third kappa shape index (κ3) is 4.33. The lowest BCUT2D eigenvalue weighted by molar-refractivity contribution is 0.0795. The van der Waals surface area contributed by atoms with Gasteiger partial charge in [-0.15, -0.1) is 0 Å². The number of benzene rings is 2. The van der Waals surface area contributed by atoms with Crippen LogP contribution in [0.3, 0.4) is 0 Å². The molecule has 2 aromatic heterocycles. The van der Waals surface area contributed by atoms with Crippen LogP contribution in [0.25, 0.3) is 22.2 Å². The Balaban J connectivity index is 1.40. The molecular weight excluding hydrogens is 403 g/mol. The Bertz CT molecular complexity index is 1210. The van der Waals surface area contributed by atoms with Gasteiger partial charge < -0.3 is 4.90 Å². The van der Waals surface area contributed by atoms with Crippen molar-refractivity contribution in [3.63, 3.8) is 0 Å². The van der Waals surface area contributed by atoms with Crippen LogP contribution in [0.4, 0.5) is 4.39 Å². The first kappa shape index (κ1) is 20.0. The quantitative estimate of drug-likeness (QED) is 0.438. The fourth-order valence-electron chi connectivity index (χ4n) is 3.42. The van der Waals surface area contributed by atoms with Crippen LogP contribution in [0.2, 0.25) is 5.15 Å². The molecule has 2 heterocycles. The van der Waals surface area contributed by atoms with Gasteiger partial charge in [-0.25, -0.2) is 9.37 Å². The van der Waals surface area contributed by atoms with Crippen LogP contribution in [0.15, 0.2) is 60.7 Å². The van der Waals surface area contributed by atoms with E-state index >= 15 is 0 Å². The van der Waals surface area contributed by atoms with Gasteiger partial charge in [0.1, 0.15) is 11.0 Å². The van der Waals surface area contributed by atoms with Crippen molar-refractivity contribution in [2.45, 2.75) is 12.8 Å². The van der Waals surface area contributed by atoms with Crippen molar-refractivity contribution in [2.75, 3.05) is 13.6 Å². The molecular formula is C23H20ClFN4O. The number of aromatic amines is 1. The normalized spacial score (nSPS) is 11.0. The molecule has 7 heteroatoms. The summed E-state index contributed by atoms with van der Waals surface area (Å²) < 4.78 is 13.4. The molecule has 1 amide bonds. The van der Waals surface area contributed by atoms with Crippen molar-refractivity contribution < 1.29 is 9.18 Å². The number of pyridine rings is 1. The van der Waals surface area contributed by atoms with Crippen LogP contribution in [0, 0.1) is 5.82 Å². The number of nitrogens with one attached hydrogen (secondary N) is 1. The standard InChI is InChI=1S/C23H20ClFN4O/c1-29(23(30)19-14-22(24)26-20-10-3-2-9-18(19)20)11-5-8-17-13-21(28-27-17)15-6-4-7-16(25)12-15/h2-4,6-7,9-10,12-14H,5,8,11H2,1H3,(H,27,28). The number of halogens is 2. The van der Waals surface area contributed by atoms with Crippen LogP contribution < -0.4 is 0 Å². The summed E-state index contributed by atoms with van der Waals surface area (Å²) in [7, 11) is 1.77. The lowest BCUT2D eigenvalue weighted by Crippen LogP contribution is -2.28. The highest BCUT2D eigenvalue weighted by Gasteiger charge is 2.16. The predicted molar refractivity (Wildman–Crippen MR) is 116 cm³/mol. The van der Waals surface area contributed by atoms with Crippen LogP contribution in [0.5, 0.6) is 0 Å². The average molecular weight is 423 g/mol. The molecule has 0 atom stereocenters. The van der Waals surface area contributed by atoms with Gasteiger partial charge in [-0.1, -0.05) is 41.9 Å². The van der Waals surface area contributed by atoms with Gasteiger partial charge in [0.2, 0.25) is 0 Å². The fraction of sp³-hybridized carbons (Fsp3) is 0.174. The highest BCUT2D eigenvalue weighted by atomic mass is 35.5. The van der Waals surface area contributed by atoms with E-state index in [4.69, 9.17) is 11.6 Å². The van der Waals surface area contributed by atoms with E-state index in [1.165, 1.54) is 12.1 Å². The van der Waals surface area contributed by atoms with Gasteiger partial charge in [0.25, 0.3) is 5.91 Å². The number of fused-ring (bicyclic) bond motifs is 1. The molecule has 4 rings (SSSR count). The molecule has 0 fully saturated rings. The average Bonchev–Trinajstić information content (AvgIpc) is 3.21. The van der Waals surface area contributed by atoms with Gasteiger partial charge in [0.15, 0.2) is 0 Å². The molecule has 1 N–H and O–H groups in total. The number of nitrogens with zero attached hydrogens (tertiary/aromatic N) is 3. The molecule has 152 valence electrons. The number of carbonyl (C=O) groups is 1. The summed E-state index contributed by atoms with van der Waals surface area (Å²) in [6, 6.07) is 17.3. The van der Waals surface area contributed by atoms with E-state index in [0.29, 0.717) is 28.5 Å². The molecule has 0 bridgehead atoms. The van der Waals surface area contributed by atoms with E-state index in [1.54, 1.807) is 24.1 Å². The van der Waals surface area contributed by atoms with Crippen LogP contribution in [-0.4, -0.2) is 39.6 Å². The Hall–Kier alpha value is -3.25. The van der Waals surface area contributed by atoms with Gasteiger partial charge >= 0.3 is 0 Å². The smallest absolute Gasteiger partial charge is 0.254 e. The number of H-pyrrole nitrogens is 1. The van der Waals surface area contributed by atoms with E-state index in [1.807, 2.05) is 36.4 Å². The van der Waals surface area contributed by atoms with Crippen molar-refractivity contribution in [3.8, 4) is 11.3 Å². The maximum atomic E-state index is 13.4. The van der Waals surface area contributed by atoms with E-state index in [9.17, 15) is 9.18 Å². The summed E-state index contributed by atoms with van der Waals surface area (Å²) in [5, 5.41) is 8.33. The summed E-state index contributed by atoms with van der Waals surface area (Å²) >= 11 is 6.10. The first-order valence-corrected chi connectivity index (χ1v) is 10.00. The van der Waals surface area contributed by atoms with Gasteiger partial charge in [0, 0.05) is 30.2 Å². The number of amides is 1. The molecule has 0 aliphatic rings. The Kier molecular flexibility index (Phi) is 5.77. The zero-order valence-corrected chi connectivity index (χ0v) is 17.2. The predicted octanol–water partition coefficient (Wildman–Crippen LogP) is 5.12. The van der Waals surface area contributed by atoms with Crippen LogP contribution >= 0.6 is 11.6 Å². The molecule has 0 spiro atoms. The highest BCUT2D eigenvalue weighted by molar-refractivity contribution is 6.30. The van der Waals surface area contributed by atoms with E-state index in [-0.39, 0.29) is 11.7 Å². The van der Waals surface area contributed by atoms with E-state index in [2.05, 4.69) is 15.2 Å². The molecule has 0 aliphatic carbocycles. The van der Waals surface area contributed by atoms with Crippen molar-refractivity contribution in [3.05, 3.63) is 82.9 Å². The minimum Gasteiger partial charge on any atom is -0.342 e. The van der Waals surface area contributed by atoms with Crippen molar-refractivity contribution in [1.29, 1.82) is 0 Å². The Morgan fingerprint density at radius 3 is 2.80 bits per heavy atom. The zero-order valence-electron chi connectivity index (χ0n) is 16.4. The van der Waals surface area contributed by atoms with E-state index < -0.39 is 0 Å². The number of rotatable bonds is 6. The van der Waals surface area contributed by atoms with Gasteiger partial charge in [-0.3, -0.25) is 9.89 Å². The first-order chi connectivity index (χ1) is 14.5. The SMILES string of the molecule is CN(CCCc1cc(-c2cccc(F)c2)n[nH]1)C(=O)c1cc(Cl)nc2ccccc12. The largest absolute Gasteiger partial charge is 0.342 e. The Morgan fingerprint density at radius 1 is 1.13 bits per heavy atom. The van der Waals surface area contributed by atoms with Gasteiger partial charge in [-0.2, -0.15) is 5.10 Å². The zero-order chi connectivity index (χ0) is 21.1. The number of aryl methyl sites for hydroxylation is 1. The minimum absolute atomic E-state index is 0.0967. The molecule has 30 heavy (non-hydrogen) atoms. The number of carbonyl (C=O) groups excluding carboxylic acids is 1. The minimum atomic E-state index is -0.291. The summed E-state index contributed by atoms with van der Waals surface area (Å²) in [6.45, 7) is 0.571. The third-order valence-corrected chi connectivity index (χ3v) is 5.15. The van der Waals surface area contributed by atoms with Crippen molar-refractivity contribution in [2.24, 2.45) is 0 Å². The second-order valence-electron chi connectivity index (χ2n) is 7.13. The summed E-state index contributed by atoms with van der Waals surface area (Å²) in [4.78, 5) is 18.9. The molecule has 0 saturated carbocycles. The lowest BCUT2D eigenvalue weighted by Gasteiger charge is -2.18. The molecule has 0 radical (unpaired) electrons. The topological polar surface area (TPSA) is 61.9 Å². The maximum absolute atomic E-state index is 13.4. The second-order valence-corrected chi connectivity index (χ2v) is 7.52. The van der Waals surface area contributed by atoms with Gasteiger partial charge in [-0.05, 0) is 43.2 Å². The Labute approximate surface area is 178 Å². The second kappa shape index (κ2) is 8.63. The first-order valence-electron chi connectivity index (χ1n) is 9.62. The summed E-state index contributed by atoms with van der Waals surface area (Å²) in [5.74, 6) is -0.388. The third-order valence-electron chi connectivity index (χ3n) is 4.95. The van der Waals surface area contributed by atoms with Crippen molar-refractivity contribution in [1.82, 2.24) is 20.1 Å². The molecule has 0 unspecified atom stereocenters. The maximum Gasteiger partial charge on any atom is 0.254 e. The van der Waals surface area contributed by atoms with E-state index in [0.717, 1.165) is 29.5 Å². The molecule has 0 saturated heterocycles. The van der Waals surface area contributed by atoms with Crippen molar-refractivity contribution >= 4 is 28.4 Å². The molecule has 2 aromatic carbocycles. The summed E-state index contributed by atoms with van der Waals surface area (Å²) in [5.41, 5.74) is 3.61. The molecule has 0 aliphatic heterocycles. The van der Waals surface area contributed by atoms with Gasteiger partial charge in [0.05, 0.1) is 16.8 Å². The monoisotopic (exact) mass is 422 g/mol. The number of aromatic nitrogens is 3. The highest BCUT2D eigenvalue weighted by Crippen LogP contribution is 2.22. The lowest BCUT2D eigenvalue weighted by atomic mass is 10.1. The number of hydrogen-bond acceptors (Lipinski definition) is 3.